The first-order valence-corrected chi connectivity index (χ1v) is 8.60. The molecule has 0 spiro atoms. The Morgan fingerprint density at radius 1 is 1.30 bits per heavy atom. The molecule has 20 heavy (non-hydrogen) atoms. The van der Waals surface area contributed by atoms with Crippen molar-refractivity contribution in [1.29, 1.82) is 0 Å². The third-order valence-corrected chi connectivity index (χ3v) is 4.70. The van der Waals surface area contributed by atoms with Gasteiger partial charge in [0.1, 0.15) is 5.01 Å². The fourth-order valence-corrected chi connectivity index (χ4v) is 3.15. The van der Waals surface area contributed by atoms with Crippen molar-refractivity contribution in [3.8, 4) is 0 Å². The van der Waals surface area contributed by atoms with Crippen LogP contribution in [0.2, 0.25) is 0 Å². The first-order valence-electron chi connectivity index (χ1n) is 7.72. The zero-order valence-corrected chi connectivity index (χ0v) is 14.1. The molecule has 1 heterocycles. The van der Waals surface area contributed by atoms with Crippen molar-refractivity contribution in [2.45, 2.75) is 78.2 Å². The largest absolute Gasteiger partial charge is 0.372 e. The zero-order chi connectivity index (χ0) is 14.6. The number of nitrogens with one attached hydrogen (secondary N) is 1. The number of aromatic nitrogens is 1. The highest BCUT2D eigenvalue weighted by Gasteiger charge is 2.19. The molecule has 0 aliphatic heterocycles. The van der Waals surface area contributed by atoms with Gasteiger partial charge in [-0.05, 0) is 52.4 Å². The number of rotatable bonds is 5. The molecule has 0 bridgehead atoms. The Morgan fingerprint density at radius 3 is 2.65 bits per heavy atom. The Hall–Kier alpha value is -0.450. The van der Waals surface area contributed by atoms with E-state index in [9.17, 15) is 0 Å². The van der Waals surface area contributed by atoms with Gasteiger partial charge in [-0.25, -0.2) is 4.98 Å². The molecular weight excluding hydrogens is 268 g/mol. The Morgan fingerprint density at radius 2 is 2.00 bits per heavy atom. The fourth-order valence-electron chi connectivity index (χ4n) is 2.44. The number of thiazole rings is 1. The molecule has 0 radical (unpaired) electrons. The van der Waals surface area contributed by atoms with Crippen molar-refractivity contribution >= 4 is 11.3 Å². The van der Waals surface area contributed by atoms with Crippen LogP contribution in [-0.2, 0) is 17.9 Å². The van der Waals surface area contributed by atoms with Gasteiger partial charge < -0.3 is 10.1 Å². The van der Waals surface area contributed by atoms with Gasteiger partial charge in [-0.2, -0.15) is 0 Å². The van der Waals surface area contributed by atoms with E-state index < -0.39 is 0 Å². The molecule has 2 rings (SSSR count). The van der Waals surface area contributed by atoms with Crippen LogP contribution < -0.4 is 5.32 Å². The summed E-state index contributed by atoms with van der Waals surface area (Å²) in [7, 11) is 0. The van der Waals surface area contributed by atoms with Gasteiger partial charge in [0.2, 0.25) is 0 Å². The quantitative estimate of drug-likeness (QED) is 0.887. The third kappa shape index (κ3) is 5.51. The lowest BCUT2D eigenvalue weighted by Crippen LogP contribution is -2.35. The van der Waals surface area contributed by atoms with E-state index in [0.29, 0.717) is 12.7 Å². The normalized spacial score (nSPS) is 24.0. The minimum absolute atomic E-state index is 0.140. The van der Waals surface area contributed by atoms with Crippen LogP contribution in [0.3, 0.4) is 0 Å². The highest BCUT2D eigenvalue weighted by atomic mass is 32.1. The molecule has 0 unspecified atom stereocenters. The van der Waals surface area contributed by atoms with Crippen LogP contribution in [0.4, 0.5) is 0 Å². The Balaban J connectivity index is 1.72. The topological polar surface area (TPSA) is 34.1 Å². The number of hydrogen-bond acceptors (Lipinski definition) is 4. The molecule has 1 N–H and O–H groups in total. The van der Waals surface area contributed by atoms with E-state index >= 15 is 0 Å². The lowest BCUT2D eigenvalue weighted by Gasteiger charge is -2.25. The van der Waals surface area contributed by atoms with Gasteiger partial charge in [0.25, 0.3) is 0 Å². The molecule has 1 aliphatic carbocycles. The number of nitrogens with zero attached hydrogens (tertiary/aromatic N) is 1. The van der Waals surface area contributed by atoms with Crippen LogP contribution in [0, 0.1) is 5.92 Å². The van der Waals surface area contributed by atoms with Crippen molar-refractivity contribution < 1.29 is 4.74 Å². The summed E-state index contributed by atoms with van der Waals surface area (Å²) in [5.41, 5.74) is 1.22. The Bertz CT molecular complexity index is 403. The van der Waals surface area contributed by atoms with Crippen molar-refractivity contribution in [3.05, 3.63) is 16.1 Å². The zero-order valence-electron chi connectivity index (χ0n) is 13.2. The Labute approximate surface area is 127 Å². The summed E-state index contributed by atoms with van der Waals surface area (Å²) >= 11 is 1.72. The molecule has 0 amide bonds. The maximum absolute atomic E-state index is 6.00. The van der Waals surface area contributed by atoms with E-state index in [4.69, 9.17) is 4.74 Å². The summed E-state index contributed by atoms with van der Waals surface area (Å²) in [6, 6.07) is 0. The molecule has 0 atom stereocenters. The molecule has 1 fully saturated rings. The maximum Gasteiger partial charge on any atom is 0.107 e. The summed E-state index contributed by atoms with van der Waals surface area (Å²) < 4.78 is 6.00. The fraction of sp³-hybridized carbons (Fsp3) is 0.812. The highest BCUT2D eigenvalue weighted by Crippen LogP contribution is 2.26. The summed E-state index contributed by atoms with van der Waals surface area (Å²) in [4.78, 5) is 4.64. The molecule has 4 heteroatoms. The smallest absolute Gasteiger partial charge is 0.107 e. The van der Waals surface area contributed by atoms with E-state index in [-0.39, 0.29) is 5.54 Å². The van der Waals surface area contributed by atoms with Crippen molar-refractivity contribution in [1.82, 2.24) is 10.3 Å². The first-order chi connectivity index (χ1) is 9.42. The van der Waals surface area contributed by atoms with Gasteiger partial charge in [-0.15, -0.1) is 11.3 Å². The van der Waals surface area contributed by atoms with Crippen LogP contribution in [0.25, 0.3) is 0 Å². The van der Waals surface area contributed by atoms with Crippen LogP contribution in [0.15, 0.2) is 5.38 Å². The summed E-state index contributed by atoms with van der Waals surface area (Å²) in [5.74, 6) is 0.879. The average Bonchev–Trinajstić information content (AvgIpc) is 2.83. The second-order valence-corrected chi connectivity index (χ2v) is 7.97. The maximum atomic E-state index is 6.00. The molecule has 1 aromatic heterocycles. The van der Waals surface area contributed by atoms with Gasteiger partial charge in [0.15, 0.2) is 0 Å². The van der Waals surface area contributed by atoms with Crippen LogP contribution in [-0.4, -0.2) is 16.6 Å². The van der Waals surface area contributed by atoms with E-state index in [1.54, 1.807) is 11.3 Å². The monoisotopic (exact) mass is 296 g/mol. The minimum Gasteiger partial charge on any atom is -0.372 e. The van der Waals surface area contributed by atoms with Crippen LogP contribution >= 0.6 is 11.3 Å². The standard InChI is InChI=1S/C16H28N2OS/c1-12-5-7-14(8-6-12)19-10-13-11-20-15(18-13)9-17-16(2,3)4/h11-12,14,17H,5-10H2,1-4H3. The lowest BCUT2D eigenvalue weighted by molar-refractivity contribution is 0.00744. The molecular formula is C16H28N2OS. The van der Waals surface area contributed by atoms with E-state index in [1.165, 1.54) is 25.7 Å². The van der Waals surface area contributed by atoms with Gasteiger partial charge in [-0.3, -0.25) is 0 Å². The second kappa shape index (κ2) is 7.01. The molecule has 1 aliphatic rings. The molecule has 1 aromatic rings. The van der Waals surface area contributed by atoms with Gasteiger partial charge in [-0.1, -0.05) is 6.92 Å². The van der Waals surface area contributed by atoms with Crippen molar-refractivity contribution in [2.75, 3.05) is 0 Å². The minimum atomic E-state index is 0.140. The van der Waals surface area contributed by atoms with Crippen molar-refractivity contribution in [3.63, 3.8) is 0 Å². The van der Waals surface area contributed by atoms with Crippen molar-refractivity contribution in [2.24, 2.45) is 5.92 Å². The first kappa shape index (κ1) is 15.9. The predicted octanol–water partition coefficient (Wildman–Crippen LogP) is 4.13. The SMILES string of the molecule is CC1CCC(OCc2csc(CNC(C)(C)C)n2)CC1. The van der Waals surface area contributed by atoms with E-state index in [1.807, 2.05) is 0 Å². The summed E-state index contributed by atoms with van der Waals surface area (Å²) in [5, 5.41) is 6.75. The summed E-state index contributed by atoms with van der Waals surface area (Å²) in [6.45, 7) is 10.4. The third-order valence-electron chi connectivity index (χ3n) is 3.80. The molecule has 3 nitrogen and oxygen atoms in total. The van der Waals surface area contributed by atoms with Gasteiger partial charge in [0, 0.05) is 17.5 Å². The highest BCUT2D eigenvalue weighted by molar-refractivity contribution is 7.09. The van der Waals surface area contributed by atoms with E-state index in [0.717, 1.165) is 23.2 Å². The van der Waals surface area contributed by atoms with Gasteiger partial charge in [0.05, 0.1) is 18.4 Å². The summed E-state index contributed by atoms with van der Waals surface area (Å²) in [6.07, 6.45) is 5.49. The Kier molecular flexibility index (Phi) is 5.58. The predicted molar refractivity (Wildman–Crippen MR) is 84.9 cm³/mol. The molecule has 114 valence electrons. The molecule has 0 aromatic carbocycles. The molecule has 1 saturated carbocycles. The second-order valence-electron chi connectivity index (χ2n) is 7.03. The number of ether oxygens (including phenoxy) is 1. The van der Waals surface area contributed by atoms with Crippen LogP contribution in [0.1, 0.15) is 64.1 Å². The number of hydrogen-bond donors (Lipinski definition) is 1. The van der Waals surface area contributed by atoms with Gasteiger partial charge >= 0.3 is 0 Å². The molecule has 0 saturated heterocycles. The lowest BCUT2D eigenvalue weighted by atomic mass is 9.89. The average molecular weight is 296 g/mol. The van der Waals surface area contributed by atoms with E-state index in [2.05, 4.69) is 43.4 Å². The van der Waals surface area contributed by atoms with Crippen LogP contribution in [0.5, 0.6) is 0 Å².